The molecule has 3 nitrogen and oxygen atoms in total. The molecule has 0 atom stereocenters. The quantitative estimate of drug-likeness (QED) is 0.559. The topological polar surface area (TPSA) is 42.0 Å². The lowest BCUT2D eigenvalue weighted by atomic mass is 9.95. The highest BCUT2D eigenvalue weighted by molar-refractivity contribution is 9.10. The van der Waals surface area contributed by atoms with Crippen LogP contribution in [-0.2, 0) is 4.79 Å². The zero-order valence-electron chi connectivity index (χ0n) is 14.3. The van der Waals surface area contributed by atoms with Gasteiger partial charge in [0.1, 0.15) is 0 Å². The van der Waals surface area contributed by atoms with Crippen molar-refractivity contribution in [2.45, 2.75) is 30.6 Å². The summed E-state index contributed by atoms with van der Waals surface area (Å²) in [4.78, 5) is 19.1. The molecule has 0 unspecified atom stereocenters. The summed E-state index contributed by atoms with van der Waals surface area (Å²) < 4.78 is 1.06. The van der Waals surface area contributed by atoms with E-state index >= 15 is 0 Å². The van der Waals surface area contributed by atoms with Gasteiger partial charge in [-0.2, -0.15) is 0 Å². The maximum atomic E-state index is 12.3. The Kier molecular flexibility index (Phi) is 5.16. The minimum Gasteiger partial charge on any atom is -0.324 e. The van der Waals surface area contributed by atoms with Gasteiger partial charge in [0.05, 0.1) is 11.2 Å². The van der Waals surface area contributed by atoms with Crippen LogP contribution in [0.15, 0.2) is 69.0 Å². The van der Waals surface area contributed by atoms with E-state index in [9.17, 15) is 4.79 Å². The first-order valence-electron chi connectivity index (χ1n) is 7.97. The summed E-state index contributed by atoms with van der Waals surface area (Å²) in [6.07, 6.45) is 1.75. The average molecular weight is 415 g/mol. The minimum atomic E-state index is -0.452. The lowest BCUT2D eigenvalue weighted by molar-refractivity contribution is -0.123. The fraction of sp³-hybridized carbons (Fsp3) is 0.200. The number of nitrogens with zero attached hydrogens (tertiary/aromatic N) is 1. The van der Waals surface area contributed by atoms with Crippen molar-refractivity contribution in [2.24, 2.45) is 5.41 Å². The first-order chi connectivity index (χ1) is 11.8. The monoisotopic (exact) mass is 414 g/mol. The van der Waals surface area contributed by atoms with Crippen molar-refractivity contribution in [1.82, 2.24) is 4.98 Å². The SMILES string of the molecule is CC(C)(C)C(=O)Nc1ccc(Sc2ccc(Br)cc2)c2cccnc12. The molecule has 3 rings (SSSR count). The zero-order valence-corrected chi connectivity index (χ0v) is 16.7. The van der Waals surface area contributed by atoms with Gasteiger partial charge in [0.25, 0.3) is 0 Å². The molecule has 5 heteroatoms. The molecule has 128 valence electrons. The summed E-state index contributed by atoms with van der Waals surface area (Å²) in [6, 6.07) is 16.1. The Hall–Kier alpha value is -1.85. The van der Waals surface area contributed by atoms with E-state index < -0.39 is 5.41 Å². The molecule has 1 heterocycles. The summed E-state index contributed by atoms with van der Waals surface area (Å²) in [5, 5.41) is 4.04. The summed E-state index contributed by atoms with van der Waals surface area (Å²) >= 11 is 5.14. The number of hydrogen-bond donors (Lipinski definition) is 1. The van der Waals surface area contributed by atoms with Crippen molar-refractivity contribution in [3.63, 3.8) is 0 Å². The summed E-state index contributed by atoms with van der Waals surface area (Å²) in [7, 11) is 0. The molecule has 0 aliphatic rings. The number of fused-ring (bicyclic) bond motifs is 1. The number of carbonyl (C=O) groups excluding carboxylic acids is 1. The number of aromatic nitrogens is 1. The molecule has 0 bridgehead atoms. The third kappa shape index (κ3) is 4.22. The number of nitrogens with one attached hydrogen (secondary N) is 1. The van der Waals surface area contributed by atoms with Crippen LogP contribution >= 0.6 is 27.7 Å². The molecule has 0 fully saturated rings. The second-order valence-corrected chi connectivity index (χ2v) is 8.80. The van der Waals surface area contributed by atoms with Gasteiger partial charge >= 0.3 is 0 Å². The molecule has 25 heavy (non-hydrogen) atoms. The molecule has 2 aromatic carbocycles. The van der Waals surface area contributed by atoms with Gasteiger partial charge in [0, 0.05) is 31.3 Å². The second-order valence-electron chi connectivity index (χ2n) is 6.77. The van der Waals surface area contributed by atoms with Crippen LogP contribution in [0.4, 0.5) is 5.69 Å². The van der Waals surface area contributed by atoms with Crippen LogP contribution < -0.4 is 5.32 Å². The van der Waals surface area contributed by atoms with Crippen molar-refractivity contribution in [1.29, 1.82) is 0 Å². The highest BCUT2D eigenvalue weighted by Crippen LogP contribution is 2.36. The first-order valence-corrected chi connectivity index (χ1v) is 9.58. The number of benzene rings is 2. The Bertz CT molecular complexity index is 917. The van der Waals surface area contributed by atoms with E-state index in [-0.39, 0.29) is 5.91 Å². The standard InChI is InChI=1S/C20H19BrN2OS/c1-20(2,3)19(24)23-16-10-11-17(15-5-4-12-22-18(15)16)25-14-8-6-13(21)7-9-14/h4-12H,1-3H3,(H,23,24). The zero-order chi connectivity index (χ0) is 18.0. The average Bonchev–Trinajstić information content (AvgIpc) is 2.58. The van der Waals surface area contributed by atoms with Gasteiger partial charge in [0.15, 0.2) is 0 Å². The molecule has 0 radical (unpaired) electrons. The number of rotatable bonds is 3. The van der Waals surface area contributed by atoms with Gasteiger partial charge in [-0.1, -0.05) is 54.5 Å². The smallest absolute Gasteiger partial charge is 0.229 e. The molecule has 0 aliphatic carbocycles. The molecule has 1 amide bonds. The second kappa shape index (κ2) is 7.18. The molecular weight excluding hydrogens is 396 g/mol. The molecule has 0 saturated carbocycles. The van der Waals surface area contributed by atoms with Gasteiger partial charge < -0.3 is 5.32 Å². The number of anilines is 1. The van der Waals surface area contributed by atoms with Crippen LogP contribution in [0.2, 0.25) is 0 Å². The van der Waals surface area contributed by atoms with Crippen molar-refractivity contribution >= 4 is 50.2 Å². The number of hydrogen-bond acceptors (Lipinski definition) is 3. The van der Waals surface area contributed by atoms with Gasteiger partial charge in [-0.25, -0.2) is 0 Å². The Labute approximate surface area is 160 Å². The van der Waals surface area contributed by atoms with Crippen molar-refractivity contribution in [3.05, 3.63) is 59.2 Å². The van der Waals surface area contributed by atoms with Crippen molar-refractivity contribution in [3.8, 4) is 0 Å². The Morgan fingerprint density at radius 1 is 1.08 bits per heavy atom. The number of carbonyl (C=O) groups is 1. The molecule has 0 saturated heterocycles. The largest absolute Gasteiger partial charge is 0.324 e. The summed E-state index contributed by atoms with van der Waals surface area (Å²) in [5.74, 6) is -0.0206. The first kappa shape index (κ1) is 18.0. The van der Waals surface area contributed by atoms with Crippen LogP contribution in [0, 0.1) is 5.41 Å². The molecule has 1 N–H and O–H groups in total. The van der Waals surface area contributed by atoms with Gasteiger partial charge in [-0.15, -0.1) is 0 Å². The van der Waals surface area contributed by atoms with Crippen molar-refractivity contribution < 1.29 is 4.79 Å². The van der Waals surface area contributed by atoms with Gasteiger partial charge in [-0.3, -0.25) is 9.78 Å². The van der Waals surface area contributed by atoms with Gasteiger partial charge in [-0.05, 0) is 42.5 Å². The van der Waals surface area contributed by atoms with E-state index in [0.29, 0.717) is 0 Å². The lowest BCUT2D eigenvalue weighted by Gasteiger charge is -2.19. The fourth-order valence-corrected chi connectivity index (χ4v) is 3.48. The predicted octanol–water partition coefficient (Wildman–Crippen LogP) is 6.13. The molecule has 3 aromatic rings. The van der Waals surface area contributed by atoms with Crippen LogP contribution in [-0.4, -0.2) is 10.9 Å². The number of halogens is 1. The maximum Gasteiger partial charge on any atom is 0.229 e. The van der Waals surface area contributed by atoms with E-state index in [1.165, 1.54) is 0 Å². The Morgan fingerprint density at radius 3 is 2.48 bits per heavy atom. The highest BCUT2D eigenvalue weighted by atomic mass is 79.9. The molecule has 0 aliphatic heterocycles. The van der Waals surface area contributed by atoms with Crippen molar-refractivity contribution in [2.75, 3.05) is 5.32 Å². The van der Waals surface area contributed by atoms with E-state index in [4.69, 9.17) is 0 Å². The van der Waals surface area contributed by atoms with E-state index in [2.05, 4.69) is 38.4 Å². The Morgan fingerprint density at radius 2 is 1.80 bits per heavy atom. The highest BCUT2D eigenvalue weighted by Gasteiger charge is 2.22. The minimum absolute atomic E-state index is 0.0206. The normalized spacial score (nSPS) is 11.5. The predicted molar refractivity (Wildman–Crippen MR) is 108 cm³/mol. The van der Waals surface area contributed by atoms with Crippen LogP contribution in [0.5, 0.6) is 0 Å². The van der Waals surface area contributed by atoms with E-state index in [1.807, 2.05) is 57.2 Å². The Balaban J connectivity index is 1.98. The molecule has 0 spiro atoms. The van der Waals surface area contributed by atoms with Crippen LogP contribution in [0.3, 0.4) is 0 Å². The molecule has 1 aromatic heterocycles. The third-order valence-corrected chi connectivity index (χ3v) is 5.31. The van der Waals surface area contributed by atoms with E-state index in [1.54, 1.807) is 18.0 Å². The maximum absolute atomic E-state index is 12.3. The lowest BCUT2D eigenvalue weighted by Crippen LogP contribution is -2.27. The number of pyridine rings is 1. The fourth-order valence-electron chi connectivity index (χ4n) is 2.28. The van der Waals surface area contributed by atoms with Crippen LogP contribution in [0.1, 0.15) is 20.8 Å². The molecular formula is C20H19BrN2OS. The summed E-state index contributed by atoms with van der Waals surface area (Å²) in [6.45, 7) is 5.70. The van der Waals surface area contributed by atoms with Crippen LogP contribution in [0.25, 0.3) is 10.9 Å². The third-order valence-electron chi connectivity index (χ3n) is 3.70. The summed E-state index contributed by atoms with van der Waals surface area (Å²) in [5.41, 5.74) is 1.10. The number of amides is 1. The van der Waals surface area contributed by atoms with E-state index in [0.717, 1.165) is 30.9 Å². The van der Waals surface area contributed by atoms with Gasteiger partial charge in [0.2, 0.25) is 5.91 Å².